The first-order chi connectivity index (χ1) is 16.4. The number of benzene rings is 3. The molecule has 8 nitrogen and oxygen atoms in total. The Morgan fingerprint density at radius 2 is 1.85 bits per heavy atom. The van der Waals surface area contributed by atoms with Crippen molar-refractivity contribution in [1.29, 1.82) is 0 Å². The highest BCUT2D eigenvalue weighted by Crippen LogP contribution is 2.31. The molecule has 1 heterocycles. The number of nitro groups is 1. The highest BCUT2D eigenvalue weighted by Gasteiger charge is 2.25. The van der Waals surface area contributed by atoms with Crippen molar-refractivity contribution in [3.05, 3.63) is 109 Å². The van der Waals surface area contributed by atoms with Crippen LogP contribution in [0, 0.1) is 10.1 Å². The zero-order valence-electron chi connectivity index (χ0n) is 17.4. The van der Waals surface area contributed by atoms with Crippen LogP contribution in [-0.2, 0) is 11.4 Å². The fourth-order valence-corrected chi connectivity index (χ4v) is 4.30. The number of nitro benzene ring substituents is 1. The molecule has 3 aromatic rings. The second-order valence-electron chi connectivity index (χ2n) is 7.05. The van der Waals surface area contributed by atoms with E-state index in [2.05, 4.69) is 26.2 Å². The Morgan fingerprint density at radius 3 is 2.53 bits per heavy atom. The largest absolute Gasteiger partial charge is 0.488 e. The topological polar surface area (TPSA) is 111 Å². The molecule has 1 saturated heterocycles. The summed E-state index contributed by atoms with van der Waals surface area (Å²) in [6.07, 6.45) is 1.69. The summed E-state index contributed by atoms with van der Waals surface area (Å²) in [5, 5.41) is 13.6. The van der Waals surface area contributed by atoms with Gasteiger partial charge in [0.1, 0.15) is 12.4 Å². The zero-order chi connectivity index (χ0) is 24.1. The minimum absolute atomic E-state index is 0.0220. The van der Waals surface area contributed by atoms with Crippen molar-refractivity contribution in [2.75, 3.05) is 0 Å². The van der Waals surface area contributed by atoms with Crippen LogP contribution in [0.25, 0.3) is 6.08 Å². The number of aliphatic imine (C=N–C) groups is 1. The van der Waals surface area contributed by atoms with Crippen LogP contribution >= 0.6 is 27.7 Å². The maximum absolute atomic E-state index is 12.3. The fourth-order valence-electron chi connectivity index (χ4n) is 2.97. The number of non-ortho nitro benzene ring substituents is 1. The molecule has 1 fully saturated rings. The molecule has 0 saturated carbocycles. The molecular formula is C24H16BrN3O5S. The lowest BCUT2D eigenvalue weighted by molar-refractivity contribution is -0.384. The molecule has 10 heteroatoms. The Bertz CT molecular complexity index is 1320. The summed E-state index contributed by atoms with van der Waals surface area (Å²) in [4.78, 5) is 39.3. The molecule has 0 aliphatic carbocycles. The van der Waals surface area contributed by atoms with Crippen molar-refractivity contribution in [1.82, 2.24) is 5.32 Å². The molecule has 0 unspecified atom stereocenters. The Morgan fingerprint density at radius 1 is 1.12 bits per heavy atom. The third kappa shape index (κ3) is 5.77. The van der Waals surface area contributed by atoms with E-state index in [0.717, 1.165) is 22.9 Å². The van der Waals surface area contributed by atoms with Gasteiger partial charge < -0.3 is 10.1 Å². The predicted octanol–water partition coefficient (Wildman–Crippen LogP) is 5.34. The van der Waals surface area contributed by atoms with Gasteiger partial charge in [0.25, 0.3) is 17.5 Å². The summed E-state index contributed by atoms with van der Waals surface area (Å²) >= 11 is 4.56. The number of carbonyl (C=O) groups is 2. The number of hydrogen-bond acceptors (Lipinski definition) is 6. The summed E-state index contributed by atoms with van der Waals surface area (Å²) in [7, 11) is 0. The lowest BCUT2D eigenvalue weighted by Crippen LogP contribution is -2.20. The van der Waals surface area contributed by atoms with Gasteiger partial charge in [-0.1, -0.05) is 24.3 Å². The number of amidine groups is 1. The molecule has 0 spiro atoms. The Balaban J connectivity index is 1.41. The van der Waals surface area contributed by atoms with Gasteiger partial charge in [-0.15, -0.1) is 0 Å². The molecular weight excluding hydrogens is 522 g/mol. The molecule has 1 aliphatic rings. The number of ether oxygens (including phenoxy) is 1. The first-order valence-electron chi connectivity index (χ1n) is 9.94. The van der Waals surface area contributed by atoms with Gasteiger partial charge in [0.2, 0.25) is 0 Å². The number of halogens is 1. The molecule has 0 bridgehead atoms. The molecule has 1 N–H and O–H groups in total. The molecule has 0 radical (unpaired) electrons. The van der Waals surface area contributed by atoms with Crippen LogP contribution in [0.4, 0.5) is 5.69 Å². The number of nitrogens with one attached hydrogen (secondary N) is 1. The molecule has 0 aromatic heterocycles. The second-order valence-corrected chi connectivity index (χ2v) is 8.94. The number of thioether (sulfide) groups is 1. The molecule has 3 aromatic carbocycles. The van der Waals surface area contributed by atoms with E-state index in [0.29, 0.717) is 20.7 Å². The van der Waals surface area contributed by atoms with Gasteiger partial charge in [-0.2, -0.15) is 4.99 Å². The molecule has 2 amide bonds. The van der Waals surface area contributed by atoms with Gasteiger partial charge in [-0.3, -0.25) is 19.7 Å². The average molecular weight is 538 g/mol. The van der Waals surface area contributed by atoms with Crippen LogP contribution < -0.4 is 10.1 Å². The number of nitrogens with zero attached hydrogens (tertiary/aromatic N) is 2. The van der Waals surface area contributed by atoms with Gasteiger partial charge in [-0.05, 0) is 81.3 Å². The second kappa shape index (κ2) is 10.4. The lowest BCUT2D eigenvalue weighted by atomic mass is 10.2. The molecule has 1 aliphatic heterocycles. The number of hydrogen-bond donors (Lipinski definition) is 1. The van der Waals surface area contributed by atoms with Crippen molar-refractivity contribution >= 4 is 56.4 Å². The van der Waals surface area contributed by atoms with Crippen molar-refractivity contribution in [3.8, 4) is 5.75 Å². The Labute approximate surface area is 207 Å². The quantitative estimate of drug-likeness (QED) is 0.258. The summed E-state index contributed by atoms with van der Waals surface area (Å²) in [5.41, 5.74) is 2.01. The standard InChI is InChI=1S/C24H16BrN3O5S/c25-19-12-16(8-11-20(19)33-14-15-6-9-18(10-7-15)28(31)32)13-21-23(30)27-24(34-21)26-22(29)17-4-2-1-3-5-17/h1-13H,14H2,(H,26,27,29,30)/b21-13-. The third-order valence-electron chi connectivity index (χ3n) is 4.67. The Hall–Kier alpha value is -3.76. The minimum Gasteiger partial charge on any atom is -0.488 e. The van der Waals surface area contributed by atoms with E-state index in [9.17, 15) is 19.7 Å². The van der Waals surface area contributed by atoms with Crippen LogP contribution in [0.15, 0.2) is 87.2 Å². The number of amides is 2. The van der Waals surface area contributed by atoms with Gasteiger partial charge in [0.15, 0.2) is 5.17 Å². The van der Waals surface area contributed by atoms with Crippen LogP contribution in [0.3, 0.4) is 0 Å². The average Bonchev–Trinajstić information content (AvgIpc) is 3.17. The molecule has 0 atom stereocenters. The van der Waals surface area contributed by atoms with E-state index in [1.165, 1.54) is 12.1 Å². The van der Waals surface area contributed by atoms with E-state index in [1.807, 2.05) is 0 Å². The molecule has 4 rings (SSSR count). The van der Waals surface area contributed by atoms with Gasteiger partial charge in [0.05, 0.1) is 14.3 Å². The third-order valence-corrected chi connectivity index (χ3v) is 6.20. The first-order valence-corrected chi connectivity index (χ1v) is 11.5. The zero-order valence-corrected chi connectivity index (χ0v) is 19.8. The van der Waals surface area contributed by atoms with Crippen LogP contribution in [0.1, 0.15) is 21.5 Å². The van der Waals surface area contributed by atoms with Crippen molar-refractivity contribution in [2.45, 2.75) is 6.61 Å². The smallest absolute Gasteiger partial charge is 0.279 e. The van der Waals surface area contributed by atoms with Gasteiger partial charge in [0, 0.05) is 17.7 Å². The normalized spacial score (nSPS) is 15.4. The van der Waals surface area contributed by atoms with Crippen molar-refractivity contribution < 1.29 is 19.2 Å². The van der Waals surface area contributed by atoms with Crippen LogP contribution in [0.5, 0.6) is 5.75 Å². The van der Waals surface area contributed by atoms with Gasteiger partial charge in [-0.25, -0.2) is 0 Å². The SMILES string of the molecule is O=C1NC(=NC(=O)c2ccccc2)S/C1=C\c1ccc(OCc2ccc([N+](=O)[O-])cc2)c(Br)c1. The molecule has 34 heavy (non-hydrogen) atoms. The van der Waals surface area contributed by atoms with E-state index in [-0.39, 0.29) is 23.4 Å². The van der Waals surface area contributed by atoms with Crippen molar-refractivity contribution in [2.24, 2.45) is 4.99 Å². The highest BCUT2D eigenvalue weighted by atomic mass is 79.9. The lowest BCUT2D eigenvalue weighted by Gasteiger charge is -2.09. The van der Waals surface area contributed by atoms with E-state index >= 15 is 0 Å². The van der Waals surface area contributed by atoms with E-state index in [4.69, 9.17) is 4.74 Å². The fraction of sp³-hybridized carbons (Fsp3) is 0.0417. The van der Waals surface area contributed by atoms with E-state index < -0.39 is 10.8 Å². The number of carbonyl (C=O) groups excluding carboxylic acids is 2. The van der Waals surface area contributed by atoms with Crippen molar-refractivity contribution in [3.63, 3.8) is 0 Å². The molecule has 170 valence electrons. The summed E-state index contributed by atoms with van der Waals surface area (Å²) in [6, 6.07) is 20.1. The monoisotopic (exact) mass is 537 g/mol. The minimum atomic E-state index is -0.451. The summed E-state index contributed by atoms with van der Waals surface area (Å²) in [5.74, 6) is -0.180. The Kier molecular flexibility index (Phi) is 7.19. The maximum Gasteiger partial charge on any atom is 0.279 e. The van der Waals surface area contributed by atoms with Crippen LogP contribution in [-0.4, -0.2) is 21.9 Å². The van der Waals surface area contributed by atoms with Crippen LogP contribution in [0.2, 0.25) is 0 Å². The highest BCUT2D eigenvalue weighted by molar-refractivity contribution is 9.10. The predicted molar refractivity (Wildman–Crippen MR) is 133 cm³/mol. The summed E-state index contributed by atoms with van der Waals surface area (Å²) < 4.78 is 6.47. The van der Waals surface area contributed by atoms with Gasteiger partial charge >= 0.3 is 0 Å². The maximum atomic E-state index is 12.3. The first kappa shape index (κ1) is 23.4. The number of rotatable bonds is 6. The van der Waals surface area contributed by atoms with E-state index in [1.54, 1.807) is 66.7 Å². The summed E-state index contributed by atoms with van der Waals surface area (Å²) in [6.45, 7) is 0.241.